The molecule has 7 heteroatoms. The lowest BCUT2D eigenvalue weighted by molar-refractivity contribution is 0.0299. The van der Waals surface area contributed by atoms with Gasteiger partial charge in [-0.3, -0.25) is 0 Å². The van der Waals surface area contributed by atoms with Gasteiger partial charge in [-0.1, -0.05) is 48.5 Å². The topological polar surface area (TPSA) is 64.4 Å². The summed E-state index contributed by atoms with van der Waals surface area (Å²) in [6.45, 7) is 0.901. The number of rotatable bonds is 7. The quantitative estimate of drug-likeness (QED) is 0.576. The molecule has 3 aromatic rings. The first kappa shape index (κ1) is 20.8. The number of sulfonamides is 1. The summed E-state index contributed by atoms with van der Waals surface area (Å²) in [5, 5.41) is 4.77. The average Bonchev–Trinajstić information content (AvgIpc) is 3.19. The molecule has 0 saturated carbocycles. The Kier molecular flexibility index (Phi) is 6.32. The predicted octanol–water partition coefficient (Wildman–Crippen LogP) is 3.87. The van der Waals surface area contributed by atoms with Crippen LogP contribution in [-0.4, -0.2) is 48.0 Å². The molecular formula is C23H27N3O3S. The number of para-hydroxylation sites is 1. The van der Waals surface area contributed by atoms with Gasteiger partial charge in [-0.25, -0.2) is 17.4 Å². The standard InChI is InChI=1S/C23H27N3O3S/c1-25(30(27,28)18-22-14-8-9-15-29-22)16-20-17-26(21-12-6-3-7-13-21)24-23(20)19-10-4-2-5-11-19/h2-7,10-13,17,22H,8-9,14-16,18H2,1H3. The molecule has 1 aliphatic heterocycles. The molecule has 1 saturated heterocycles. The van der Waals surface area contributed by atoms with Gasteiger partial charge in [0.2, 0.25) is 10.0 Å². The number of ether oxygens (including phenoxy) is 1. The van der Waals surface area contributed by atoms with Gasteiger partial charge < -0.3 is 4.74 Å². The fourth-order valence-electron chi connectivity index (χ4n) is 3.72. The van der Waals surface area contributed by atoms with Crippen LogP contribution in [0.3, 0.4) is 0 Å². The first-order valence-electron chi connectivity index (χ1n) is 10.3. The van der Waals surface area contributed by atoms with Crippen LogP contribution in [-0.2, 0) is 21.3 Å². The van der Waals surface area contributed by atoms with Crippen LogP contribution in [0, 0.1) is 0 Å². The number of benzene rings is 2. The van der Waals surface area contributed by atoms with Crippen molar-refractivity contribution in [3.8, 4) is 16.9 Å². The van der Waals surface area contributed by atoms with E-state index in [2.05, 4.69) is 0 Å². The average molecular weight is 426 g/mol. The van der Waals surface area contributed by atoms with E-state index in [9.17, 15) is 8.42 Å². The largest absolute Gasteiger partial charge is 0.377 e. The molecular weight excluding hydrogens is 398 g/mol. The first-order valence-corrected chi connectivity index (χ1v) is 11.9. The highest BCUT2D eigenvalue weighted by Gasteiger charge is 2.27. The van der Waals surface area contributed by atoms with E-state index in [0.29, 0.717) is 6.61 Å². The third kappa shape index (κ3) is 4.80. The van der Waals surface area contributed by atoms with E-state index in [1.807, 2.05) is 71.5 Å². The molecule has 1 unspecified atom stereocenters. The molecule has 2 heterocycles. The molecule has 6 nitrogen and oxygen atoms in total. The Labute approximate surface area is 178 Å². The summed E-state index contributed by atoms with van der Waals surface area (Å²) in [7, 11) is -1.81. The van der Waals surface area contributed by atoms with Crippen LogP contribution >= 0.6 is 0 Å². The van der Waals surface area contributed by atoms with Crippen molar-refractivity contribution >= 4 is 10.0 Å². The second-order valence-corrected chi connectivity index (χ2v) is 9.79. The van der Waals surface area contributed by atoms with E-state index in [4.69, 9.17) is 9.84 Å². The predicted molar refractivity (Wildman–Crippen MR) is 118 cm³/mol. The second-order valence-electron chi connectivity index (χ2n) is 7.67. The lowest BCUT2D eigenvalue weighted by Gasteiger charge is -2.25. The Morgan fingerprint density at radius 2 is 1.77 bits per heavy atom. The van der Waals surface area contributed by atoms with Gasteiger partial charge in [-0.2, -0.15) is 5.10 Å². The smallest absolute Gasteiger partial charge is 0.216 e. The molecule has 1 fully saturated rings. The molecule has 158 valence electrons. The van der Waals surface area contributed by atoms with Gasteiger partial charge in [0, 0.05) is 37.5 Å². The Morgan fingerprint density at radius 1 is 1.07 bits per heavy atom. The van der Waals surface area contributed by atoms with Gasteiger partial charge in [-0.05, 0) is 31.4 Å². The van der Waals surface area contributed by atoms with Crippen molar-refractivity contribution in [3.05, 3.63) is 72.4 Å². The van der Waals surface area contributed by atoms with Gasteiger partial charge in [0.05, 0.1) is 23.2 Å². The number of nitrogens with zero attached hydrogens (tertiary/aromatic N) is 3. The Balaban J connectivity index is 1.61. The Hall–Kier alpha value is -2.48. The summed E-state index contributed by atoms with van der Waals surface area (Å²) >= 11 is 0. The van der Waals surface area contributed by atoms with Crippen LogP contribution < -0.4 is 0 Å². The van der Waals surface area contributed by atoms with Crippen molar-refractivity contribution in [2.45, 2.75) is 31.9 Å². The second kappa shape index (κ2) is 9.12. The summed E-state index contributed by atoms with van der Waals surface area (Å²) in [6.07, 6.45) is 4.53. The maximum absolute atomic E-state index is 12.9. The fourth-order valence-corrected chi connectivity index (χ4v) is 5.04. The minimum Gasteiger partial charge on any atom is -0.377 e. The number of hydrogen-bond acceptors (Lipinski definition) is 4. The van der Waals surface area contributed by atoms with E-state index < -0.39 is 10.0 Å². The molecule has 0 aliphatic carbocycles. The number of aromatic nitrogens is 2. The van der Waals surface area contributed by atoms with Crippen LogP contribution in [0.2, 0.25) is 0 Å². The summed E-state index contributed by atoms with van der Waals surface area (Å²) in [4.78, 5) is 0. The van der Waals surface area contributed by atoms with Gasteiger partial charge >= 0.3 is 0 Å². The van der Waals surface area contributed by atoms with Crippen molar-refractivity contribution in [1.29, 1.82) is 0 Å². The van der Waals surface area contributed by atoms with Crippen LogP contribution in [0.5, 0.6) is 0 Å². The van der Waals surface area contributed by atoms with Gasteiger partial charge in [-0.15, -0.1) is 0 Å². The summed E-state index contributed by atoms with van der Waals surface area (Å²) in [6, 6.07) is 19.7. The molecule has 1 aromatic heterocycles. The molecule has 0 spiro atoms. The normalized spacial score (nSPS) is 17.3. The van der Waals surface area contributed by atoms with Gasteiger partial charge in [0.25, 0.3) is 0 Å². The van der Waals surface area contributed by atoms with E-state index in [0.717, 1.165) is 41.8 Å². The van der Waals surface area contributed by atoms with Crippen LogP contribution in [0.25, 0.3) is 16.9 Å². The van der Waals surface area contributed by atoms with Gasteiger partial charge in [0.15, 0.2) is 0 Å². The molecule has 1 atom stereocenters. The van der Waals surface area contributed by atoms with Crippen molar-refractivity contribution in [3.63, 3.8) is 0 Å². The summed E-state index contributed by atoms with van der Waals surface area (Å²) in [5.41, 5.74) is 3.54. The minimum absolute atomic E-state index is 0.0248. The SMILES string of the molecule is CN(Cc1cn(-c2ccccc2)nc1-c1ccccc1)S(=O)(=O)CC1CCCCO1. The fraction of sp³-hybridized carbons (Fsp3) is 0.348. The van der Waals surface area contributed by atoms with E-state index in [1.54, 1.807) is 7.05 Å². The minimum atomic E-state index is -3.44. The van der Waals surface area contributed by atoms with Crippen LogP contribution in [0.15, 0.2) is 66.9 Å². The van der Waals surface area contributed by atoms with Crippen LogP contribution in [0.4, 0.5) is 0 Å². The summed E-state index contributed by atoms with van der Waals surface area (Å²) < 4.78 is 34.8. The van der Waals surface area contributed by atoms with Crippen LogP contribution in [0.1, 0.15) is 24.8 Å². The van der Waals surface area contributed by atoms with Crippen molar-refractivity contribution in [2.24, 2.45) is 0 Å². The van der Waals surface area contributed by atoms with E-state index in [-0.39, 0.29) is 18.4 Å². The lowest BCUT2D eigenvalue weighted by Crippen LogP contribution is -2.36. The highest BCUT2D eigenvalue weighted by molar-refractivity contribution is 7.89. The zero-order valence-electron chi connectivity index (χ0n) is 17.1. The molecule has 0 N–H and O–H groups in total. The maximum Gasteiger partial charge on any atom is 0.216 e. The zero-order valence-corrected chi connectivity index (χ0v) is 18.0. The first-order chi connectivity index (χ1) is 14.5. The molecule has 0 amide bonds. The van der Waals surface area contributed by atoms with Crippen molar-refractivity contribution < 1.29 is 13.2 Å². The van der Waals surface area contributed by atoms with Crippen molar-refractivity contribution in [2.75, 3.05) is 19.4 Å². The van der Waals surface area contributed by atoms with Gasteiger partial charge in [0.1, 0.15) is 0 Å². The highest BCUT2D eigenvalue weighted by atomic mass is 32.2. The highest BCUT2D eigenvalue weighted by Crippen LogP contribution is 2.26. The summed E-state index contributed by atoms with van der Waals surface area (Å²) in [5.74, 6) is 0.0248. The third-order valence-electron chi connectivity index (χ3n) is 5.40. The van der Waals surface area contributed by atoms with Crippen molar-refractivity contribution in [1.82, 2.24) is 14.1 Å². The molecule has 0 radical (unpaired) electrons. The zero-order chi connectivity index (χ0) is 21.0. The molecule has 30 heavy (non-hydrogen) atoms. The van der Waals surface area contributed by atoms with E-state index in [1.165, 1.54) is 4.31 Å². The monoisotopic (exact) mass is 425 g/mol. The lowest BCUT2D eigenvalue weighted by atomic mass is 10.1. The molecule has 1 aliphatic rings. The maximum atomic E-state index is 12.9. The Morgan fingerprint density at radius 3 is 2.43 bits per heavy atom. The Bertz CT molecular complexity index is 1060. The molecule has 4 rings (SSSR count). The third-order valence-corrected chi connectivity index (χ3v) is 7.27. The van der Waals surface area contributed by atoms with E-state index >= 15 is 0 Å². The number of hydrogen-bond donors (Lipinski definition) is 0. The molecule has 2 aromatic carbocycles. The molecule has 0 bridgehead atoms.